The molecule has 2 N–H and O–H groups in total. The van der Waals surface area contributed by atoms with E-state index >= 15 is 0 Å². The second-order valence-electron chi connectivity index (χ2n) is 8.01. The molecule has 0 aromatic heterocycles. The molecule has 1 atom stereocenters. The average Bonchev–Trinajstić information content (AvgIpc) is 2.76. The van der Waals surface area contributed by atoms with Gasteiger partial charge in [0.25, 0.3) is 5.91 Å². The highest BCUT2D eigenvalue weighted by molar-refractivity contribution is 6.31. The average molecular weight is 492 g/mol. The first-order valence-electron chi connectivity index (χ1n) is 10.8. The number of hydrogen-bond acceptors (Lipinski definition) is 4. The van der Waals surface area contributed by atoms with Gasteiger partial charge in [0.15, 0.2) is 0 Å². The number of carbonyl (C=O) groups is 3. The van der Waals surface area contributed by atoms with Crippen LogP contribution in [-0.2, 0) is 16.0 Å². The highest BCUT2D eigenvalue weighted by atomic mass is 35.5. The Morgan fingerprint density at radius 1 is 1.12 bits per heavy atom. The van der Waals surface area contributed by atoms with Crippen LogP contribution in [0.4, 0.5) is 0 Å². The summed E-state index contributed by atoms with van der Waals surface area (Å²) in [6.45, 7) is 2.72. The summed E-state index contributed by atoms with van der Waals surface area (Å²) in [7, 11) is 0. The van der Waals surface area contributed by atoms with Crippen molar-refractivity contribution in [2.45, 2.75) is 32.2 Å². The summed E-state index contributed by atoms with van der Waals surface area (Å²) in [5, 5.41) is 6.71. The molecular weight excluding hydrogens is 465 g/mol. The first-order valence-corrected chi connectivity index (χ1v) is 11.6. The molecule has 3 amide bonds. The monoisotopic (exact) mass is 491 g/mol. The molecule has 33 heavy (non-hydrogen) atoms. The van der Waals surface area contributed by atoms with Crippen LogP contribution in [0.15, 0.2) is 42.5 Å². The number of hydrogen-bond donors (Lipinski definition) is 2. The largest absolute Gasteiger partial charge is 0.491 e. The molecule has 9 heteroatoms. The number of ether oxygens (including phenoxy) is 1. The van der Waals surface area contributed by atoms with Crippen molar-refractivity contribution in [3.05, 3.63) is 63.6 Å². The molecule has 0 spiro atoms. The predicted molar refractivity (Wildman–Crippen MR) is 128 cm³/mol. The van der Waals surface area contributed by atoms with Crippen molar-refractivity contribution in [1.82, 2.24) is 15.5 Å². The Balaban J connectivity index is 1.71. The van der Waals surface area contributed by atoms with Gasteiger partial charge in [-0.2, -0.15) is 0 Å². The third-order valence-corrected chi connectivity index (χ3v) is 5.62. The van der Waals surface area contributed by atoms with E-state index in [-0.39, 0.29) is 43.3 Å². The topological polar surface area (TPSA) is 87.7 Å². The molecule has 0 unspecified atom stereocenters. The van der Waals surface area contributed by atoms with Gasteiger partial charge in [-0.15, -0.1) is 0 Å². The van der Waals surface area contributed by atoms with Gasteiger partial charge in [-0.25, -0.2) is 0 Å². The van der Waals surface area contributed by atoms with Crippen molar-refractivity contribution in [3.63, 3.8) is 0 Å². The zero-order valence-electron chi connectivity index (χ0n) is 18.4. The molecule has 2 aromatic carbocycles. The highest BCUT2D eigenvalue weighted by Crippen LogP contribution is 2.23. The quantitative estimate of drug-likeness (QED) is 0.672. The Labute approximate surface area is 203 Å². The molecule has 1 heterocycles. The first-order chi connectivity index (χ1) is 15.8. The Hall–Kier alpha value is -2.77. The van der Waals surface area contributed by atoms with Gasteiger partial charge in [0.2, 0.25) is 11.8 Å². The van der Waals surface area contributed by atoms with Gasteiger partial charge in [0.05, 0.1) is 24.6 Å². The SMILES string of the molecule is C[C@H]1COc2ccc(Cl)cc2C(=O)NCCCCN(C(=O)Cc2cccc(Cl)c2)CC(=O)N1. The van der Waals surface area contributed by atoms with Crippen molar-refractivity contribution in [3.8, 4) is 5.75 Å². The number of fused-ring (bicyclic) bond motifs is 1. The van der Waals surface area contributed by atoms with E-state index in [0.29, 0.717) is 47.3 Å². The van der Waals surface area contributed by atoms with Crippen molar-refractivity contribution >= 4 is 40.9 Å². The number of nitrogens with zero attached hydrogens (tertiary/aromatic N) is 1. The van der Waals surface area contributed by atoms with Crippen LogP contribution in [-0.4, -0.2) is 54.9 Å². The third kappa shape index (κ3) is 7.65. The summed E-state index contributed by atoms with van der Waals surface area (Å²) in [5.74, 6) is -0.322. The Bertz CT molecular complexity index is 1010. The molecule has 2 aromatic rings. The molecule has 3 rings (SSSR count). The van der Waals surface area contributed by atoms with Crippen LogP contribution in [0, 0.1) is 0 Å². The summed E-state index contributed by atoms with van der Waals surface area (Å²) in [6, 6.07) is 11.6. The van der Waals surface area contributed by atoms with Gasteiger partial charge >= 0.3 is 0 Å². The molecule has 1 aliphatic heterocycles. The molecule has 1 aliphatic rings. The summed E-state index contributed by atoms with van der Waals surface area (Å²) < 4.78 is 5.79. The van der Waals surface area contributed by atoms with E-state index in [1.54, 1.807) is 48.2 Å². The predicted octanol–water partition coefficient (Wildman–Crippen LogP) is 3.47. The number of halogens is 2. The summed E-state index contributed by atoms with van der Waals surface area (Å²) in [4.78, 5) is 39.7. The normalized spacial score (nSPS) is 18.2. The van der Waals surface area contributed by atoms with Crippen LogP contribution in [0.2, 0.25) is 10.0 Å². The lowest BCUT2D eigenvalue weighted by molar-refractivity contribution is -0.135. The summed E-state index contributed by atoms with van der Waals surface area (Å²) >= 11 is 12.1. The Morgan fingerprint density at radius 3 is 2.70 bits per heavy atom. The number of carbonyl (C=O) groups excluding carboxylic acids is 3. The van der Waals surface area contributed by atoms with E-state index in [1.165, 1.54) is 0 Å². The lowest BCUT2D eigenvalue weighted by Gasteiger charge is -2.23. The molecule has 176 valence electrons. The molecule has 0 saturated heterocycles. The minimum atomic E-state index is -0.334. The lowest BCUT2D eigenvalue weighted by Crippen LogP contribution is -2.45. The zero-order chi connectivity index (χ0) is 23.8. The molecule has 0 saturated carbocycles. The molecule has 0 aliphatic carbocycles. The minimum Gasteiger partial charge on any atom is -0.491 e. The number of benzene rings is 2. The number of amides is 3. The van der Waals surface area contributed by atoms with Gasteiger partial charge in [0.1, 0.15) is 12.4 Å². The van der Waals surface area contributed by atoms with Crippen molar-refractivity contribution in [2.24, 2.45) is 0 Å². The van der Waals surface area contributed by atoms with Crippen LogP contribution in [0.1, 0.15) is 35.7 Å². The van der Waals surface area contributed by atoms with Crippen LogP contribution in [0.5, 0.6) is 5.75 Å². The maximum atomic E-state index is 12.9. The molecular formula is C24H27Cl2N3O4. The molecule has 0 fully saturated rings. The van der Waals surface area contributed by atoms with Crippen LogP contribution < -0.4 is 15.4 Å². The minimum absolute atomic E-state index is 0.0533. The van der Waals surface area contributed by atoms with E-state index in [9.17, 15) is 14.4 Å². The summed E-state index contributed by atoms with van der Waals surface area (Å²) in [6.07, 6.45) is 1.42. The van der Waals surface area contributed by atoms with Crippen molar-refractivity contribution in [1.29, 1.82) is 0 Å². The fraction of sp³-hybridized carbons (Fsp3) is 0.375. The maximum Gasteiger partial charge on any atom is 0.255 e. The van der Waals surface area contributed by atoms with E-state index in [4.69, 9.17) is 27.9 Å². The second kappa shape index (κ2) is 11.9. The highest BCUT2D eigenvalue weighted by Gasteiger charge is 2.20. The lowest BCUT2D eigenvalue weighted by atomic mass is 10.1. The molecule has 0 radical (unpaired) electrons. The van der Waals surface area contributed by atoms with Crippen LogP contribution >= 0.6 is 23.2 Å². The van der Waals surface area contributed by atoms with E-state index < -0.39 is 0 Å². The Kier molecular flexibility index (Phi) is 8.97. The first kappa shape index (κ1) is 24.9. The Morgan fingerprint density at radius 2 is 1.91 bits per heavy atom. The zero-order valence-corrected chi connectivity index (χ0v) is 19.9. The molecule has 7 nitrogen and oxygen atoms in total. The summed E-state index contributed by atoms with van der Waals surface area (Å²) in [5.41, 5.74) is 1.13. The van der Waals surface area contributed by atoms with Gasteiger partial charge in [-0.05, 0) is 55.7 Å². The smallest absolute Gasteiger partial charge is 0.255 e. The van der Waals surface area contributed by atoms with Crippen LogP contribution in [0.3, 0.4) is 0 Å². The number of nitrogens with one attached hydrogen (secondary N) is 2. The third-order valence-electron chi connectivity index (χ3n) is 5.15. The fourth-order valence-corrected chi connectivity index (χ4v) is 3.89. The van der Waals surface area contributed by atoms with E-state index in [2.05, 4.69) is 10.6 Å². The van der Waals surface area contributed by atoms with Crippen molar-refractivity contribution < 1.29 is 19.1 Å². The van der Waals surface area contributed by atoms with Gasteiger partial charge in [-0.3, -0.25) is 14.4 Å². The maximum absolute atomic E-state index is 12.9. The number of rotatable bonds is 2. The van der Waals surface area contributed by atoms with E-state index in [1.807, 2.05) is 6.07 Å². The molecule has 0 bridgehead atoms. The van der Waals surface area contributed by atoms with E-state index in [0.717, 1.165) is 5.56 Å². The van der Waals surface area contributed by atoms with Gasteiger partial charge < -0.3 is 20.3 Å². The fourth-order valence-electron chi connectivity index (χ4n) is 3.51. The second-order valence-corrected chi connectivity index (χ2v) is 8.88. The van der Waals surface area contributed by atoms with Gasteiger partial charge in [0, 0.05) is 23.1 Å². The standard InChI is InChI=1S/C24H27Cl2N3O4/c1-16-15-33-21-8-7-19(26)13-20(21)24(32)27-9-2-3-10-29(14-22(30)28-16)23(31)12-17-5-4-6-18(25)11-17/h4-8,11,13,16H,2-3,9-10,12,14-15H2,1H3,(H,27,32)(H,28,30)/t16-/m0/s1. The van der Waals surface area contributed by atoms with Crippen LogP contribution in [0.25, 0.3) is 0 Å². The van der Waals surface area contributed by atoms with Crippen molar-refractivity contribution in [2.75, 3.05) is 26.2 Å². The van der Waals surface area contributed by atoms with Gasteiger partial charge in [-0.1, -0.05) is 35.3 Å².